The second kappa shape index (κ2) is 10.8. The molecule has 0 saturated heterocycles. The number of anilines is 2. The van der Waals surface area contributed by atoms with Gasteiger partial charge in [-0.2, -0.15) is 4.98 Å². The van der Waals surface area contributed by atoms with Gasteiger partial charge in [-0.05, 0) is 51.9 Å². The molecule has 2 aromatic rings. The second-order valence-electron chi connectivity index (χ2n) is 8.46. The third-order valence-electron chi connectivity index (χ3n) is 5.57. The highest BCUT2D eigenvalue weighted by Gasteiger charge is 2.33. The monoisotopic (exact) mass is 531 g/mol. The van der Waals surface area contributed by atoms with Gasteiger partial charge in [0.25, 0.3) is 5.91 Å². The molecular formula is C21H30ClN5O3S3. The molecule has 0 aliphatic heterocycles. The fourth-order valence-electron chi connectivity index (χ4n) is 3.62. The average Bonchev–Trinajstić information content (AvgIpc) is 3.12. The van der Waals surface area contributed by atoms with Crippen LogP contribution in [0.2, 0.25) is 5.02 Å². The number of nitrogens with zero attached hydrogens (tertiary/aromatic N) is 3. The highest BCUT2D eigenvalue weighted by molar-refractivity contribution is 8.01. The van der Waals surface area contributed by atoms with Crippen LogP contribution in [0.3, 0.4) is 0 Å². The lowest BCUT2D eigenvalue weighted by molar-refractivity contribution is 0.0930. The van der Waals surface area contributed by atoms with Crippen LogP contribution in [-0.4, -0.2) is 62.0 Å². The number of halogens is 1. The molecule has 8 nitrogen and oxygen atoms in total. The van der Waals surface area contributed by atoms with Gasteiger partial charge in [-0.1, -0.05) is 11.6 Å². The van der Waals surface area contributed by atoms with E-state index in [9.17, 15) is 13.2 Å². The summed E-state index contributed by atoms with van der Waals surface area (Å²) in [5, 5.41) is 5.85. The molecule has 0 bridgehead atoms. The fraction of sp³-hybridized carbons (Fsp3) is 0.571. The van der Waals surface area contributed by atoms with Gasteiger partial charge in [-0.3, -0.25) is 4.79 Å². The van der Waals surface area contributed by atoms with E-state index in [1.165, 1.54) is 11.8 Å². The van der Waals surface area contributed by atoms with E-state index >= 15 is 0 Å². The molecular weight excluding hydrogens is 502 g/mol. The van der Waals surface area contributed by atoms with Gasteiger partial charge < -0.3 is 15.5 Å². The average molecular weight is 532 g/mol. The summed E-state index contributed by atoms with van der Waals surface area (Å²) in [5.74, 6) is 1.12. The van der Waals surface area contributed by atoms with Gasteiger partial charge in [-0.15, -0.1) is 23.1 Å². The molecule has 33 heavy (non-hydrogen) atoms. The van der Waals surface area contributed by atoms with Gasteiger partial charge in [0, 0.05) is 32.4 Å². The molecule has 0 aromatic carbocycles. The smallest absolute Gasteiger partial charge is 0.263 e. The van der Waals surface area contributed by atoms with Crippen molar-refractivity contribution in [3.05, 3.63) is 22.2 Å². The van der Waals surface area contributed by atoms with E-state index in [1.54, 1.807) is 26.3 Å². The Labute approximate surface area is 208 Å². The number of amides is 1. The quantitative estimate of drug-likeness (QED) is 0.485. The van der Waals surface area contributed by atoms with Crippen LogP contribution in [0.25, 0.3) is 0 Å². The van der Waals surface area contributed by atoms with Crippen molar-refractivity contribution >= 4 is 62.2 Å². The Morgan fingerprint density at radius 2 is 1.88 bits per heavy atom. The highest BCUT2D eigenvalue weighted by Crippen LogP contribution is 2.43. The summed E-state index contributed by atoms with van der Waals surface area (Å²) in [7, 11) is 0.280. The number of rotatable bonds is 8. The number of thioether (sulfide) groups is 1. The normalized spacial score (nSPS) is 18.9. The summed E-state index contributed by atoms with van der Waals surface area (Å²) >= 11 is 8.86. The van der Waals surface area contributed by atoms with E-state index in [0.717, 1.165) is 42.8 Å². The zero-order valence-electron chi connectivity index (χ0n) is 19.4. The van der Waals surface area contributed by atoms with Gasteiger partial charge in [0.05, 0.1) is 14.5 Å². The van der Waals surface area contributed by atoms with Crippen molar-refractivity contribution in [2.24, 2.45) is 0 Å². The number of thiophene rings is 1. The van der Waals surface area contributed by atoms with Crippen LogP contribution in [0.1, 0.15) is 49.2 Å². The minimum atomic E-state index is -3.59. The van der Waals surface area contributed by atoms with E-state index in [1.807, 2.05) is 25.1 Å². The first-order valence-corrected chi connectivity index (χ1v) is 14.7. The first kappa shape index (κ1) is 26.1. The summed E-state index contributed by atoms with van der Waals surface area (Å²) in [4.78, 5) is 24.0. The Bertz CT molecular complexity index is 1100. The number of hydrogen-bond acceptors (Lipinski definition) is 9. The van der Waals surface area contributed by atoms with Crippen molar-refractivity contribution in [3.8, 4) is 0 Å². The molecule has 1 aliphatic carbocycles. The SMILES string of the molecule is CSc1sc(C(=O)N[C@H]2CC[C@@H](Nc3nccc(N(C)C)n3)CC2)c(Cl)c1S(=O)(=O)C(C)C. The Morgan fingerprint density at radius 3 is 2.45 bits per heavy atom. The van der Waals surface area contributed by atoms with E-state index in [-0.39, 0.29) is 32.8 Å². The van der Waals surface area contributed by atoms with Crippen molar-refractivity contribution in [3.63, 3.8) is 0 Å². The van der Waals surface area contributed by atoms with Gasteiger partial charge in [0.15, 0.2) is 9.84 Å². The first-order valence-electron chi connectivity index (χ1n) is 10.7. The minimum absolute atomic E-state index is 0.00521. The molecule has 0 radical (unpaired) electrons. The molecule has 1 aliphatic rings. The predicted octanol–water partition coefficient (Wildman–Crippen LogP) is 4.31. The number of carbonyl (C=O) groups is 1. The number of hydrogen-bond donors (Lipinski definition) is 2. The zero-order chi connectivity index (χ0) is 24.3. The fourth-order valence-corrected chi connectivity index (χ4v) is 8.13. The van der Waals surface area contributed by atoms with E-state index in [2.05, 4.69) is 20.6 Å². The molecule has 1 fully saturated rings. The molecule has 1 saturated carbocycles. The van der Waals surface area contributed by atoms with E-state index in [0.29, 0.717) is 10.2 Å². The van der Waals surface area contributed by atoms with Crippen LogP contribution in [-0.2, 0) is 9.84 Å². The summed E-state index contributed by atoms with van der Waals surface area (Å²) in [6.07, 6.45) is 6.84. The zero-order valence-corrected chi connectivity index (χ0v) is 22.6. The van der Waals surface area contributed by atoms with Gasteiger partial charge in [-0.25, -0.2) is 13.4 Å². The third-order valence-corrected chi connectivity index (χ3v) is 11.0. The number of aromatic nitrogens is 2. The summed E-state index contributed by atoms with van der Waals surface area (Å²) < 4.78 is 26.1. The molecule has 182 valence electrons. The topological polar surface area (TPSA) is 104 Å². The number of sulfone groups is 1. The molecule has 12 heteroatoms. The second-order valence-corrected chi connectivity index (χ2v) is 13.4. The third kappa shape index (κ3) is 5.93. The van der Waals surface area contributed by atoms with Gasteiger partial charge in [0.1, 0.15) is 15.6 Å². The van der Waals surface area contributed by atoms with Crippen LogP contribution in [0.4, 0.5) is 11.8 Å². The first-order chi connectivity index (χ1) is 15.5. The van der Waals surface area contributed by atoms with Crippen molar-refractivity contribution < 1.29 is 13.2 Å². The molecule has 3 rings (SSSR count). The summed E-state index contributed by atoms with van der Waals surface area (Å²) in [5.41, 5.74) is 0. The van der Waals surface area contributed by atoms with E-state index in [4.69, 9.17) is 11.6 Å². The summed E-state index contributed by atoms with van der Waals surface area (Å²) in [6, 6.07) is 2.09. The molecule has 0 spiro atoms. The minimum Gasteiger partial charge on any atom is -0.363 e. The standard InChI is InChI=1S/C21H30ClN5O3S3/c1-12(2)33(29,30)18-16(22)17(32-20(18)31-5)19(28)24-13-6-8-14(9-7-13)25-21-23-11-10-15(26-21)27(3)4/h10-14H,6-9H2,1-5H3,(H,24,28)(H,23,25,26)/t13-,14+. The maximum Gasteiger partial charge on any atom is 0.263 e. The Hall–Kier alpha value is -1.56. The van der Waals surface area contributed by atoms with Crippen molar-refractivity contribution in [1.29, 1.82) is 0 Å². The molecule has 2 aromatic heterocycles. The van der Waals surface area contributed by atoms with Gasteiger partial charge in [0.2, 0.25) is 5.95 Å². The Kier molecular flexibility index (Phi) is 8.52. The lowest BCUT2D eigenvalue weighted by Gasteiger charge is -2.29. The van der Waals surface area contributed by atoms with Crippen LogP contribution in [0.5, 0.6) is 0 Å². The van der Waals surface area contributed by atoms with Crippen molar-refractivity contribution in [2.75, 3.05) is 30.6 Å². The molecule has 2 heterocycles. The predicted molar refractivity (Wildman–Crippen MR) is 137 cm³/mol. The number of nitrogens with one attached hydrogen (secondary N) is 2. The highest BCUT2D eigenvalue weighted by atomic mass is 35.5. The van der Waals surface area contributed by atoms with Crippen LogP contribution < -0.4 is 15.5 Å². The molecule has 0 atom stereocenters. The van der Waals surface area contributed by atoms with Crippen LogP contribution >= 0.6 is 34.7 Å². The Balaban J connectivity index is 1.63. The number of carbonyl (C=O) groups excluding carboxylic acids is 1. The van der Waals surface area contributed by atoms with Crippen molar-refractivity contribution in [1.82, 2.24) is 15.3 Å². The van der Waals surface area contributed by atoms with Crippen LogP contribution in [0, 0.1) is 0 Å². The van der Waals surface area contributed by atoms with E-state index < -0.39 is 15.1 Å². The maximum absolute atomic E-state index is 13.0. The lowest BCUT2D eigenvalue weighted by Crippen LogP contribution is -2.40. The summed E-state index contributed by atoms with van der Waals surface area (Å²) in [6.45, 7) is 3.23. The van der Waals surface area contributed by atoms with Crippen LogP contribution in [0.15, 0.2) is 21.4 Å². The molecule has 2 N–H and O–H groups in total. The largest absolute Gasteiger partial charge is 0.363 e. The van der Waals surface area contributed by atoms with Gasteiger partial charge >= 0.3 is 0 Å². The Morgan fingerprint density at radius 1 is 1.24 bits per heavy atom. The van der Waals surface area contributed by atoms with Crippen molar-refractivity contribution in [2.45, 2.75) is 66.0 Å². The molecule has 1 amide bonds. The lowest BCUT2D eigenvalue weighted by atomic mass is 9.91. The molecule has 0 unspecified atom stereocenters. The maximum atomic E-state index is 13.0.